The lowest BCUT2D eigenvalue weighted by molar-refractivity contribution is 0.0740. The summed E-state index contributed by atoms with van der Waals surface area (Å²) in [7, 11) is 0. The summed E-state index contributed by atoms with van der Waals surface area (Å²) in [6.45, 7) is 1.78. The van der Waals surface area contributed by atoms with Crippen molar-refractivity contribution in [3.05, 3.63) is 20.8 Å². The number of aliphatic hydroxyl groups is 1. The third kappa shape index (κ3) is 1.94. The zero-order chi connectivity index (χ0) is 9.14. The largest absolute Gasteiger partial charge is 0.385 e. The van der Waals surface area contributed by atoms with E-state index in [1.165, 1.54) is 11.3 Å². The lowest BCUT2D eigenvalue weighted by atomic mass is 10.1. The fourth-order valence-corrected chi connectivity index (χ4v) is 2.30. The van der Waals surface area contributed by atoms with Gasteiger partial charge in [0.2, 0.25) is 0 Å². The van der Waals surface area contributed by atoms with Gasteiger partial charge >= 0.3 is 0 Å². The minimum absolute atomic E-state index is 0.203. The number of thiophene rings is 1. The molecule has 1 heterocycles. The van der Waals surface area contributed by atoms with E-state index in [1.54, 1.807) is 12.3 Å². The van der Waals surface area contributed by atoms with E-state index in [0.717, 1.165) is 4.47 Å². The van der Waals surface area contributed by atoms with E-state index in [2.05, 4.69) is 15.9 Å². The van der Waals surface area contributed by atoms with Gasteiger partial charge in [-0.2, -0.15) is 11.3 Å². The number of hydrogen-bond acceptors (Lipinski definition) is 3. The minimum Gasteiger partial charge on any atom is -0.385 e. The van der Waals surface area contributed by atoms with Crippen LogP contribution < -0.4 is 0 Å². The lowest BCUT2D eigenvalue weighted by Crippen LogP contribution is -2.18. The number of carbonyl (C=O) groups excluding carboxylic acids is 1. The van der Waals surface area contributed by atoms with Crippen molar-refractivity contribution >= 4 is 33.0 Å². The topological polar surface area (TPSA) is 37.3 Å². The van der Waals surface area contributed by atoms with Crippen LogP contribution in [0.1, 0.15) is 23.7 Å². The molecular formula is C8H9BrO2S. The van der Waals surface area contributed by atoms with Crippen LogP contribution in [0, 0.1) is 0 Å². The molecule has 0 aliphatic rings. The predicted molar refractivity (Wildman–Crippen MR) is 52.6 cm³/mol. The predicted octanol–water partition coefficient (Wildman–Crippen LogP) is 2.46. The molecule has 2 nitrogen and oxygen atoms in total. The summed E-state index contributed by atoms with van der Waals surface area (Å²) < 4.78 is 0.769. The van der Waals surface area contributed by atoms with Crippen molar-refractivity contribution in [2.24, 2.45) is 0 Å². The van der Waals surface area contributed by atoms with Crippen LogP contribution in [0.25, 0.3) is 0 Å². The average Bonchev–Trinajstić information content (AvgIpc) is 2.48. The second kappa shape index (κ2) is 4.16. The van der Waals surface area contributed by atoms with Crippen molar-refractivity contribution in [2.75, 3.05) is 0 Å². The van der Waals surface area contributed by atoms with Crippen LogP contribution in [0.2, 0.25) is 0 Å². The third-order valence-corrected chi connectivity index (χ3v) is 3.27. The SMILES string of the molecule is CCC(O)C(=O)c1cscc1Br. The van der Waals surface area contributed by atoms with Crippen molar-refractivity contribution in [2.45, 2.75) is 19.4 Å². The molecule has 0 bridgehead atoms. The van der Waals surface area contributed by atoms with Gasteiger partial charge < -0.3 is 5.11 Å². The Morgan fingerprint density at radius 1 is 1.75 bits per heavy atom. The Kier molecular flexibility index (Phi) is 3.43. The Morgan fingerprint density at radius 3 is 2.83 bits per heavy atom. The molecule has 0 fully saturated rings. The molecule has 0 aliphatic heterocycles. The molecule has 0 saturated carbocycles. The monoisotopic (exact) mass is 248 g/mol. The Hall–Kier alpha value is -0.190. The summed E-state index contributed by atoms with van der Waals surface area (Å²) >= 11 is 4.69. The molecule has 1 unspecified atom stereocenters. The van der Waals surface area contributed by atoms with Crippen LogP contribution in [0.3, 0.4) is 0 Å². The van der Waals surface area contributed by atoms with Gasteiger partial charge in [-0.05, 0) is 22.4 Å². The van der Waals surface area contributed by atoms with Crippen LogP contribution >= 0.6 is 27.3 Å². The van der Waals surface area contributed by atoms with Crippen LogP contribution in [-0.2, 0) is 0 Å². The number of Topliss-reactive ketones (excluding diaryl/α,β-unsaturated/α-hetero) is 1. The van der Waals surface area contributed by atoms with Gasteiger partial charge in [0, 0.05) is 20.8 Å². The van der Waals surface area contributed by atoms with E-state index in [-0.39, 0.29) is 5.78 Å². The van der Waals surface area contributed by atoms with Gasteiger partial charge in [-0.15, -0.1) is 0 Å². The lowest BCUT2D eigenvalue weighted by Gasteiger charge is -2.04. The Balaban J connectivity index is 2.85. The van der Waals surface area contributed by atoms with Crippen molar-refractivity contribution < 1.29 is 9.90 Å². The van der Waals surface area contributed by atoms with Gasteiger partial charge in [0.25, 0.3) is 0 Å². The molecule has 1 N–H and O–H groups in total. The molecule has 1 aromatic heterocycles. The Labute approximate surface area is 83.4 Å². The molecule has 0 radical (unpaired) electrons. The van der Waals surface area contributed by atoms with Gasteiger partial charge in [0.1, 0.15) is 6.10 Å². The number of carbonyl (C=O) groups is 1. The maximum Gasteiger partial charge on any atom is 0.193 e. The average molecular weight is 249 g/mol. The summed E-state index contributed by atoms with van der Waals surface area (Å²) in [6, 6.07) is 0. The van der Waals surface area contributed by atoms with Gasteiger partial charge in [0.05, 0.1) is 0 Å². The number of ketones is 1. The Bertz CT molecular complexity index is 282. The molecule has 0 saturated heterocycles. The molecule has 1 rings (SSSR count). The molecule has 12 heavy (non-hydrogen) atoms. The smallest absolute Gasteiger partial charge is 0.193 e. The van der Waals surface area contributed by atoms with Crippen LogP contribution in [0.5, 0.6) is 0 Å². The van der Waals surface area contributed by atoms with E-state index in [1.807, 2.05) is 5.38 Å². The number of halogens is 1. The normalized spacial score (nSPS) is 12.9. The van der Waals surface area contributed by atoms with E-state index in [0.29, 0.717) is 12.0 Å². The maximum absolute atomic E-state index is 11.4. The first kappa shape index (κ1) is 9.89. The first-order valence-corrected chi connectivity index (χ1v) is 5.34. The first-order valence-electron chi connectivity index (χ1n) is 3.60. The second-order valence-electron chi connectivity index (χ2n) is 2.42. The van der Waals surface area contributed by atoms with Crippen molar-refractivity contribution in [1.82, 2.24) is 0 Å². The van der Waals surface area contributed by atoms with Gasteiger partial charge in [-0.3, -0.25) is 4.79 Å². The summed E-state index contributed by atoms with van der Waals surface area (Å²) in [5.41, 5.74) is 0.578. The Morgan fingerprint density at radius 2 is 2.42 bits per heavy atom. The second-order valence-corrected chi connectivity index (χ2v) is 4.02. The van der Waals surface area contributed by atoms with Crippen LogP contribution in [-0.4, -0.2) is 17.0 Å². The number of rotatable bonds is 3. The third-order valence-electron chi connectivity index (χ3n) is 1.57. The molecule has 66 valence electrons. The zero-order valence-corrected chi connectivity index (χ0v) is 8.98. The molecule has 0 aliphatic carbocycles. The first-order chi connectivity index (χ1) is 5.66. The highest BCUT2D eigenvalue weighted by Gasteiger charge is 2.17. The van der Waals surface area contributed by atoms with Gasteiger partial charge in [-0.25, -0.2) is 0 Å². The van der Waals surface area contributed by atoms with Crippen LogP contribution in [0.4, 0.5) is 0 Å². The van der Waals surface area contributed by atoms with Gasteiger partial charge in [0.15, 0.2) is 5.78 Å². The highest BCUT2D eigenvalue weighted by Crippen LogP contribution is 2.22. The van der Waals surface area contributed by atoms with Gasteiger partial charge in [-0.1, -0.05) is 6.92 Å². The molecule has 1 aromatic rings. The van der Waals surface area contributed by atoms with Crippen LogP contribution in [0.15, 0.2) is 15.2 Å². The molecule has 4 heteroatoms. The molecular weight excluding hydrogens is 240 g/mol. The molecule has 0 spiro atoms. The fraction of sp³-hybridized carbons (Fsp3) is 0.375. The molecule has 0 amide bonds. The maximum atomic E-state index is 11.4. The van der Waals surface area contributed by atoms with E-state index in [9.17, 15) is 9.90 Å². The number of hydrogen-bond donors (Lipinski definition) is 1. The standard InChI is InChI=1S/C8H9BrO2S/c1-2-7(10)8(11)5-3-12-4-6(5)9/h3-4,7,10H,2H2,1H3. The summed E-state index contributed by atoms with van der Waals surface area (Å²) in [6.07, 6.45) is -0.405. The quantitative estimate of drug-likeness (QED) is 0.835. The fourth-order valence-electron chi connectivity index (χ4n) is 0.822. The minimum atomic E-state index is -0.865. The van der Waals surface area contributed by atoms with Crippen molar-refractivity contribution in [3.63, 3.8) is 0 Å². The summed E-state index contributed by atoms with van der Waals surface area (Å²) in [5, 5.41) is 12.8. The van der Waals surface area contributed by atoms with E-state index < -0.39 is 6.10 Å². The van der Waals surface area contributed by atoms with E-state index >= 15 is 0 Å². The van der Waals surface area contributed by atoms with Crippen molar-refractivity contribution in [3.8, 4) is 0 Å². The molecule has 1 atom stereocenters. The van der Waals surface area contributed by atoms with Crippen molar-refractivity contribution in [1.29, 1.82) is 0 Å². The molecule has 0 aromatic carbocycles. The number of aliphatic hydroxyl groups excluding tert-OH is 1. The highest BCUT2D eigenvalue weighted by molar-refractivity contribution is 9.10. The zero-order valence-electron chi connectivity index (χ0n) is 6.58. The summed E-state index contributed by atoms with van der Waals surface area (Å²) in [5.74, 6) is -0.203. The highest BCUT2D eigenvalue weighted by atomic mass is 79.9. The summed E-state index contributed by atoms with van der Waals surface area (Å²) in [4.78, 5) is 11.4. The van der Waals surface area contributed by atoms with E-state index in [4.69, 9.17) is 0 Å².